The minimum atomic E-state index is 0.222. The van der Waals surface area contributed by atoms with E-state index in [0.717, 1.165) is 19.4 Å². The van der Waals surface area contributed by atoms with E-state index in [1.807, 2.05) is 7.05 Å². The summed E-state index contributed by atoms with van der Waals surface area (Å²) < 4.78 is 5.88. The van der Waals surface area contributed by atoms with Crippen molar-refractivity contribution in [2.75, 3.05) is 13.7 Å². The van der Waals surface area contributed by atoms with Gasteiger partial charge in [-0.05, 0) is 36.4 Å². The highest BCUT2D eigenvalue weighted by Crippen LogP contribution is 2.30. The van der Waals surface area contributed by atoms with Gasteiger partial charge in [0.1, 0.15) is 0 Å². The van der Waals surface area contributed by atoms with Crippen molar-refractivity contribution in [1.82, 2.24) is 5.32 Å². The van der Waals surface area contributed by atoms with Crippen molar-refractivity contribution in [1.29, 1.82) is 0 Å². The molecule has 2 atom stereocenters. The van der Waals surface area contributed by atoms with Crippen LogP contribution in [0, 0.1) is 0 Å². The third-order valence-corrected chi connectivity index (χ3v) is 3.84. The minimum absolute atomic E-state index is 0.222. The lowest BCUT2D eigenvalue weighted by molar-refractivity contribution is 0.00153. The van der Waals surface area contributed by atoms with E-state index in [1.165, 1.54) is 11.1 Å². The first-order valence-electron chi connectivity index (χ1n) is 6.90. The van der Waals surface area contributed by atoms with Gasteiger partial charge < -0.3 is 10.1 Å². The van der Waals surface area contributed by atoms with Crippen LogP contribution in [0.1, 0.15) is 50.8 Å². The Hall–Kier alpha value is -0.860. The minimum Gasteiger partial charge on any atom is -0.373 e. The van der Waals surface area contributed by atoms with Gasteiger partial charge in [-0.2, -0.15) is 0 Å². The predicted molar refractivity (Wildman–Crippen MR) is 75.9 cm³/mol. The monoisotopic (exact) mass is 247 g/mol. The molecule has 1 aliphatic rings. The molecular weight excluding hydrogens is 222 g/mol. The third kappa shape index (κ3) is 3.12. The number of nitrogens with one attached hydrogen (secondary N) is 1. The van der Waals surface area contributed by atoms with Crippen molar-refractivity contribution < 1.29 is 4.74 Å². The van der Waals surface area contributed by atoms with E-state index in [0.29, 0.717) is 6.04 Å². The van der Waals surface area contributed by atoms with E-state index in [2.05, 4.69) is 50.4 Å². The normalized spacial score (nSPS) is 25.1. The van der Waals surface area contributed by atoms with Crippen LogP contribution >= 0.6 is 0 Å². The van der Waals surface area contributed by atoms with E-state index >= 15 is 0 Å². The number of hydrogen-bond acceptors (Lipinski definition) is 2. The summed E-state index contributed by atoms with van der Waals surface area (Å²) >= 11 is 0. The van der Waals surface area contributed by atoms with E-state index in [9.17, 15) is 0 Å². The first kappa shape index (κ1) is 13.6. The molecule has 1 fully saturated rings. The fourth-order valence-corrected chi connectivity index (χ4v) is 2.49. The molecule has 18 heavy (non-hydrogen) atoms. The van der Waals surface area contributed by atoms with Gasteiger partial charge in [-0.1, -0.05) is 45.0 Å². The molecule has 2 nitrogen and oxygen atoms in total. The van der Waals surface area contributed by atoms with Gasteiger partial charge in [-0.15, -0.1) is 0 Å². The van der Waals surface area contributed by atoms with Crippen LogP contribution in [-0.2, 0) is 10.2 Å². The molecule has 0 radical (unpaired) electrons. The van der Waals surface area contributed by atoms with E-state index in [1.54, 1.807) is 0 Å². The molecule has 1 aromatic rings. The first-order valence-corrected chi connectivity index (χ1v) is 6.90. The quantitative estimate of drug-likeness (QED) is 0.864. The smallest absolute Gasteiger partial charge is 0.0839 e. The molecule has 1 heterocycles. The zero-order chi connectivity index (χ0) is 13.2. The van der Waals surface area contributed by atoms with Gasteiger partial charge >= 0.3 is 0 Å². The largest absolute Gasteiger partial charge is 0.373 e. The van der Waals surface area contributed by atoms with Gasteiger partial charge in [0.15, 0.2) is 0 Å². The lowest BCUT2D eigenvalue weighted by Gasteiger charge is -2.30. The fourth-order valence-electron chi connectivity index (χ4n) is 2.49. The van der Waals surface area contributed by atoms with E-state index in [-0.39, 0.29) is 11.5 Å². The van der Waals surface area contributed by atoms with Crippen LogP contribution in [0.5, 0.6) is 0 Å². The van der Waals surface area contributed by atoms with Gasteiger partial charge in [0.2, 0.25) is 0 Å². The topological polar surface area (TPSA) is 21.3 Å². The maximum atomic E-state index is 5.88. The average molecular weight is 247 g/mol. The molecule has 1 N–H and O–H groups in total. The summed E-state index contributed by atoms with van der Waals surface area (Å²) in [5.74, 6) is 0. The Morgan fingerprint density at radius 1 is 1.17 bits per heavy atom. The summed E-state index contributed by atoms with van der Waals surface area (Å²) in [7, 11) is 2.04. The van der Waals surface area contributed by atoms with Crippen LogP contribution in [0.25, 0.3) is 0 Å². The van der Waals surface area contributed by atoms with Crippen molar-refractivity contribution in [3.63, 3.8) is 0 Å². The standard InChI is InChI=1S/C16H25NO/c1-16(2,3)13-7-5-12(6-8-13)15-11-14(17-4)9-10-18-15/h5-8,14-15,17H,9-11H2,1-4H3. The summed E-state index contributed by atoms with van der Waals surface area (Å²) in [6.45, 7) is 7.60. The van der Waals surface area contributed by atoms with Crippen molar-refractivity contribution in [2.45, 2.75) is 51.2 Å². The molecule has 1 aromatic carbocycles. The van der Waals surface area contributed by atoms with Crippen molar-refractivity contribution >= 4 is 0 Å². The molecule has 1 saturated heterocycles. The fraction of sp³-hybridized carbons (Fsp3) is 0.625. The summed E-state index contributed by atoms with van der Waals surface area (Å²) in [6, 6.07) is 9.52. The SMILES string of the molecule is CNC1CCOC(c2ccc(C(C)(C)C)cc2)C1. The molecular formula is C16H25NO. The molecule has 0 aromatic heterocycles. The van der Waals surface area contributed by atoms with E-state index in [4.69, 9.17) is 4.74 Å². The number of ether oxygens (including phenoxy) is 1. The Bertz CT molecular complexity index is 377. The summed E-state index contributed by atoms with van der Waals surface area (Å²) in [6.07, 6.45) is 2.45. The van der Waals surface area contributed by atoms with Crippen molar-refractivity contribution in [3.05, 3.63) is 35.4 Å². The Kier molecular flexibility index (Phi) is 4.08. The van der Waals surface area contributed by atoms with Crippen molar-refractivity contribution in [2.24, 2.45) is 0 Å². The van der Waals surface area contributed by atoms with Gasteiger partial charge in [0, 0.05) is 12.6 Å². The Labute approximate surface area is 111 Å². The second-order valence-corrected chi connectivity index (χ2v) is 6.24. The average Bonchev–Trinajstić information content (AvgIpc) is 2.38. The van der Waals surface area contributed by atoms with Crippen LogP contribution < -0.4 is 5.32 Å². The lowest BCUT2D eigenvalue weighted by Crippen LogP contribution is -2.33. The predicted octanol–water partition coefficient (Wildman–Crippen LogP) is 3.42. The molecule has 0 aliphatic carbocycles. The highest BCUT2D eigenvalue weighted by atomic mass is 16.5. The molecule has 0 saturated carbocycles. The zero-order valence-electron chi connectivity index (χ0n) is 12.0. The first-order chi connectivity index (χ1) is 8.50. The Morgan fingerprint density at radius 2 is 1.83 bits per heavy atom. The molecule has 1 aliphatic heterocycles. The Balaban J connectivity index is 2.09. The van der Waals surface area contributed by atoms with Crippen LogP contribution in [-0.4, -0.2) is 19.7 Å². The molecule has 0 amide bonds. The van der Waals surface area contributed by atoms with Crippen LogP contribution in [0.3, 0.4) is 0 Å². The molecule has 2 heteroatoms. The summed E-state index contributed by atoms with van der Waals surface area (Å²) in [4.78, 5) is 0. The maximum absolute atomic E-state index is 5.88. The van der Waals surface area contributed by atoms with Gasteiger partial charge in [0.05, 0.1) is 6.10 Å². The molecule has 0 spiro atoms. The molecule has 100 valence electrons. The van der Waals surface area contributed by atoms with Crippen LogP contribution in [0.4, 0.5) is 0 Å². The number of benzene rings is 1. The second-order valence-electron chi connectivity index (χ2n) is 6.24. The maximum Gasteiger partial charge on any atom is 0.0839 e. The molecule has 2 unspecified atom stereocenters. The van der Waals surface area contributed by atoms with Crippen molar-refractivity contribution in [3.8, 4) is 0 Å². The molecule has 0 bridgehead atoms. The van der Waals surface area contributed by atoms with Gasteiger partial charge in [0.25, 0.3) is 0 Å². The second kappa shape index (κ2) is 5.41. The summed E-state index contributed by atoms with van der Waals surface area (Å²) in [5.41, 5.74) is 2.91. The molecule has 2 rings (SSSR count). The van der Waals surface area contributed by atoms with Gasteiger partial charge in [-0.3, -0.25) is 0 Å². The number of rotatable bonds is 2. The summed E-state index contributed by atoms with van der Waals surface area (Å²) in [5, 5.41) is 3.36. The Morgan fingerprint density at radius 3 is 2.39 bits per heavy atom. The lowest BCUT2D eigenvalue weighted by atomic mass is 9.86. The number of hydrogen-bond donors (Lipinski definition) is 1. The highest BCUT2D eigenvalue weighted by molar-refractivity contribution is 5.29. The third-order valence-electron chi connectivity index (χ3n) is 3.84. The van der Waals surface area contributed by atoms with Crippen LogP contribution in [0.15, 0.2) is 24.3 Å². The van der Waals surface area contributed by atoms with Gasteiger partial charge in [-0.25, -0.2) is 0 Å². The van der Waals surface area contributed by atoms with E-state index < -0.39 is 0 Å². The zero-order valence-corrected chi connectivity index (χ0v) is 12.0. The van der Waals surface area contributed by atoms with Crippen LogP contribution in [0.2, 0.25) is 0 Å². The highest BCUT2D eigenvalue weighted by Gasteiger charge is 2.23.